The fraction of sp³-hybridized carbons (Fsp3) is 0.200. The number of hydrazine groups is 1. The zero-order chi connectivity index (χ0) is 11.5. The molecule has 3 N–H and O–H groups in total. The van der Waals surface area contributed by atoms with E-state index in [0.29, 0.717) is 11.3 Å². The molecule has 0 aliphatic heterocycles. The highest BCUT2D eigenvalue weighted by atomic mass is 32.2. The summed E-state index contributed by atoms with van der Waals surface area (Å²) in [6, 6.07) is 6.28. The highest BCUT2D eigenvalue weighted by molar-refractivity contribution is 7.91. The van der Waals surface area contributed by atoms with E-state index in [1.54, 1.807) is 19.1 Å². The Bertz CT molecular complexity index is 449. The number of nitrogens with two attached hydrogens (primary N) is 1. The van der Waals surface area contributed by atoms with Crippen molar-refractivity contribution in [3.05, 3.63) is 36.4 Å². The van der Waals surface area contributed by atoms with E-state index in [2.05, 4.69) is 12.0 Å². The first-order valence-electron chi connectivity index (χ1n) is 4.39. The van der Waals surface area contributed by atoms with Crippen LogP contribution in [0.4, 0.5) is 5.69 Å². The zero-order valence-electron chi connectivity index (χ0n) is 8.53. The molecular formula is C10H14N2O2S. The average Bonchev–Trinajstić information content (AvgIpc) is 2.16. The summed E-state index contributed by atoms with van der Waals surface area (Å²) in [7, 11) is -3.25. The van der Waals surface area contributed by atoms with E-state index in [1.165, 1.54) is 12.1 Å². The molecule has 82 valence electrons. The first kappa shape index (κ1) is 11.7. The number of hydrogen-bond donors (Lipinski definition) is 2. The van der Waals surface area contributed by atoms with Crippen LogP contribution in [0.5, 0.6) is 0 Å². The van der Waals surface area contributed by atoms with Crippen molar-refractivity contribution in [3.63, 3.8) is 0 Å². The summed E-state index contributed by atoms with van der Waals surface area (Å²) in [6.07, 6.45) is 0. The van der Waals surface area contributed by atoms with E-state index < -0.39 is 9.84 Å². The minimum atomic E-state index is -3.25. The molecule has 15 heavy (non-hydrogen) atoms. The van der Waals surface area contributed by atoms with E-state index in [-0.39, 0.29) is 10.6 Å². The van der Waals surface area contributed by atoms with Crippen molar-refractivity contribution in [1.29, 1.82) is 0 Å². The summed E-state index contributed by atoms with van der Waals surface area (Å²) in [5, 5.41) is 0. The van der Waals surface area contributed by atoms with Crippen molar-refractivity contribution < 1.29 is 8.42 Å². The monoisotopic (exact) mass is 226 g/mol. The Morgan fingerprint density at radius 2 is 1.93 bits per heavy atom. The second-order valence-electron chi connectivity index (χ2n) is 3.38. The van der Waals surface area contributed by atoms with Crippen molar-refractivity contribution in [2.75, 3.05) is 11.2 Å². The molecule has 0 bridgehead atoms. The molecule has 0 radical (unpaired) electrons. The van der Waals surface area contributed by atoms with Gasteiger partial charge in [0.05, 0.1) is 10.6 Å². The van der Waals surface area contributed by atoms with Crippen LogP contribution >= 0.6 is 0 Å². The van der Waals surface area contributed by atoms with Gasteiger partial charge in [0.2, 0.25) is 0 Å². The number of nitrogens with one attached hydrogen (secondary N) is 1. The molecular weight excluding hydrogens is 212 g/mol. The summed E-state index contributed by atoms with van der Waals surface area (Å²) < 4.78 is 23.5. The van der Waals surface area contributed by atoms with Crippen molar-refractivity contribution >= 4 is 15.5 Å². The molecule has 0 heterocycles. The molecule has 1 aromatic carbocycles. The molecule has 0 fully saturated rings. The van der Waals surface area contributed by atoms with Gasteiger partial charge in [-0.2, -0.15) is 0 Å². The molecule has 0 saturated heterocycles. The maximum atomic E-state index is 11.7. The van der Waals surface area contributed by atoms with Crippen LogP contribution < -0.4 is 11.3 Å². The van der Waals surface area contributed by atoms with Crippen LogP contribution in [0.2, 0.25) is 0 Å². The lowest BCUT2D eigenvalue weighted by Gasteiger charge is -2.05. The fourth-order valence-electron chi connectivity index (χ4n) is 1.17. The molecule has 0 saturated carbocycles. The maximum Gasteiger partial charge on any atom is 0.182 e. The van der Waals surface area contributed by atoms with E-state index in [4.69, 9.17) is 5.84 Å². The fourth-order valence-corrected chi connectivity index (χ4v) is 2.53. The Hall–Kier alpha value is -1.33. The molecule has 0 aliphatic rings. The predicted molar refractivity (Wildman–Crippen MR) is 61.1 cm³/mol. The summed E-state index contributed by atoms with van der Waals surface area (Å²) in [5.74, 6) is 5.15. The average molecular weight is 226 g/mol. The third kappa shape index (κ3) is 3.07. The Labute approximate surface area is 89.7 Å². The van der Waals surface area contributed by atoms with E-state index in [0.717, 1.165) is 0 Å². The van der Waals surface area contributed by atoms with Crippen molar-refractivity contribution in [2.45, 2.75) is 11.8 Å². The van der Waals surface area contributed by atoms with Gasteiger partial charge in [-0.3, -0.25) is 5.84 Å². The van der Waals surface area contributed by atoms with E-state index >= 15 is 0 Å². The molecule has 0 atom stereocenters. The second-order valence-corrected chi connectivity index (χ2v) is 5.37. The zero-order valence-corrected chi connectivity index (χ0v) is 9.34. The van der Waals surface area contributed by atoms with Crippen molar-refractivity contribution in [1.82, 2.24) is 0 Å². The van der Waals surface area contributed by atoms with Crippen LogP contribution in [0, 0.1) is 0 Å². The van der Waals surface area contributed by atoms with Crippen LogP contribution in [0.15, 0.2) is 41.3 Å². The molecule has 0 amide bonds. The number of rotatable bonds is 4. The number of anilines is 1. The van der Waals surface area contributed by atoms with Gasteiger partial charge < -0.3 is 5.43 Å². The quantitative estimate of drug-likeness (QED) is 0.461. The Kier molecular flexibility index (Phi) is 3.49. The molecule has 1 rings (SSSR count). The third-order valence-corrected chi connectivity index (χ3v) is 3.68. The molecule has 5 heteroatoms. The van der Waals surface area contributed by atoms with Crippen LogP contribution in [-0.4, -0.2) is 14.2 Å². The van der Waals surface area contributed by atoms with E-state index in [1.807, 2.05) is 0 Å². The summed E-state index contributed by atoms with van der Waals surface area (Å²) >= 11 is 0. The van der Waals surface area contributed by atoms with Gasteiger partial charge in [0.25, 0.3) is 0 Å². The maximum absolute atomic E-state index is 11.7. The topological polar surface area (TPSA) is 72.2 Å². The first-order valence-corrected chi connectivity index (χ1v) is 6.05. The van der Waals surface area contributed by atoms with Gasteiger partial charge >= 0.3 is 0 Å². The predicted octanol–water partition coefficient (Wildman–Crippen LogP) is 1.32. The van der Waals surface area contributed by atoms with Crippen LogP contribution in [0.25, 0.3) is 0 Å². The lowest BCUT2D eigenvalue weighted by atomic mass is 10.3. The van der Waals surface area contributed by atoms with Gasteiger partial charge in [-0.15, -0.1) is 0 Å². The van der Waals surface area contributed by atoms with Gasteiger partial charge in [0.1, 0.15) is 0 Å². The molecule has 0 spiro atoms. The second kappa shape index (κ2) is 4.46. The van der Waals surface area contributed by atoms with Gasteiger partial charge in [-0.1, -0.05) is 12.2 Å². The largest absolute Gasteiger partial charge is 0.324 e. The molecule has 0 unspecified atom stereocenters. The number of hydrogen-bond acceptors (Lipinski definition) is 4. The molecule has 0 aliphatic carbocycles. The normalized spacial score (nSPS) is 11.1. The van der Waals surface area contributed by atoms with Crippen molar-refractivity contribution in [3.8, 4) is 0 Å². The highest BCUT2D eigenvalue weighted by Crippen LogP contribution is 2.16. The number of benzene rings is 1. The Balaban J connectivity index is 3.01. The standard InChI is InChI=1S/C10H14N2O2S/c1-8(2)7-15(13,14)10-5-3-9(12-11)4-6-10/h3-6,12H,1,7,11H2,2H3. The smallest absolute Gasteiger partial charge is 0.182 e. The highest BCUT2D eigenvalue weighted by Gasteiger charge is 2.13. The van der Waals surface area contributed by atoms with Crippen LogP contribution in [0.3, 0.4) is 0 Å². The van der Waals surface area contributed by atoms with Gasteiger partial charge in [0, 0.05) is 5.69 Å². The summed E-state index contributed by atoms with van der Waals surface area (Å²) in [5.41, 5.74) is 3.73. The first-order chi connectivity index (χ1) is 6.95. The summed E-state index contributed by atoms with van der Waals surface area (Å²) in [4.78, 5) is 0.282. The molecule has 0 aromatic heterocycles. The summed E-state index contributed by atoms with van der Waals surface area (Å²) in [6.45, 7) is 5.28. The van der Waals surface area contributed by atoms with Crippen molar-refractivity contribution in [2.24, 2.45) is 5.84 Å². The van der Waals surface area contributed by atoms with Gasteiger partial charge in [-0.05, 0) is 31.2 Å². The lowest BCUT2D eigenvalue weighted by molar-refractivity contribution is 0.598. The number of sulfone groups is 1. The minimum Gasteiger partial charge on any atom is -0.324 e. The Morgan fingerprint density at radius 3 is 2.33 bits per heavy atom. The number of nitrogen functional groups attached to an aromatic ring is 1. The lowest BCUT2D eigenvalue weighted by Crippen LogP contribution is -2.09. The van der Waals surface area contributed by atoms with Crippen LogP contribution in [0.1, 0.15) is 6.92 Å². The van der Waals surface area contributed by atoms with E-state index in [9.17, 15) is 8.42 Å². The van der Waals surface area contributed by atoms with Crippen LogP contribution in [-0.2, 0) is 9.84 Å². The SMILES string of the molecule is C=C(C)CS(=O)(=O)c1ccc(NN)cc1. The van der Waals surface area contributed by atoms with Gasteiger partial charge in [-0.25, -0.2) is 8.42 Å². The third-order valence-electron chi connectivity index (χ3n) is 1.82. The minimum absolute atomic E-state index is 0.0254. The Morgan fingerprint density at radius 1 is 1.40 bits per heavy atom. The molecule has 4 nitrogen and oxygen atoms in total. The molecule has 1 aromatic rings. The van der Waals surface area contributed by atoms with Gasteiger partial charge in [0.15, 0.2) is 9.84 Å².